The van der Waals surface area contributed by atoms with E-state index in [9.17, 15) is 9.59 Å². The summed E-state index contributed by atoms with van der Waals surface area (Å²) < 4.78 is 0. The maximum absolute atomic E-state index is 13.0. The number of aryl methyl sites for hydroxylation is 1. The zero-order valence-corrected chi connectivity index (χ0v) is 17.5. The lowest BCUT2D eigenvalue weighted by Gasteiger charge is -2.40. The fraction of sp³-hybridized carbons (Fsp3) is 0.478. The van der Waals surface area contributed by atoms with Gasteiger partial charge in [0.05, 0.1) is 0 Å². The first-order valence-electron chi connectivity index (χ1n) is 10.5. The zero-order chi connectivity index (χ0) is 20.0. The molecule has 0 radical (unpaired) electrons. The number of carbonyl (C=O) groups excluding carboxylic acids is 2. The number of thiophene rings is 1. The maximum atomic E-state index is 13.0. The molecule has 3 aliphatic rings. The van der Waals surface area contributed by atoms with E-state index >= 15 is 0 Å². The van der Waals surface area contributed by atoms with Crippen LogP contribution in [0.3, 0.4) is 0 Å². The molecule has 1 unspecified atom stereocenters. The topological polar surface area (TPSA) is 52.7 Å². The van der Waals surface area contributed by atoms with Gasteiger partial charge in [-0.25, -0.2) is 0 Å². The van der Waals surface area contributed by atoms with E-state index in [0.29, 0.717) is 25.0 Å². The van der Waals surface area contributed by atoms with Crippen molar-refractivity contribution in [3.8, 4) is 0 Å². The minimum absolute atomic E-state index is 0.115. The van der Waals surface area contributed by atoms with Gasteiger partial charge < -0.3 is 10.2 Å². The number of rotatable bonds is 5. The Kier molecular flexibility index (Phi) is 4.92. The number of hydrogen-bond acceptors (Lipinski definition) is 4. The summed E-state index contributed by atoms with van der Waals surface area (Å²) in [6.45, 7) is 5.35. The molecule has 5 atom stereocenters. The number of amides is 2. The van der Waals surface area contributed by atoms with Gasteiger partial charge in [0.1, 0.15) is 0 Å². The summed E-state index contributed by atoms with van der Waals surface area (Å²) in [5, 5.41) is 3.19. The second kappa shape index (κ2) is 7.58. The lowest BCUT2D eigenvalue weighted by atomic mass is 10.1. The first-order chi connectivity index (χ1) is 14.1. The zero-order valence-electron chi connectivity index (χ0n) is 16.7. The van der Waals surface area contributed by atoms with Gasteiger partial charge in [-0.05, 0) is 44.0 Å². The molecular weight excluding hydrogens is 382 g/mol. The SMILES string of the molecule is Cc1ccc([C@@H]2C[C@H]2C(=O)NC[C@H]2CN(C(=O)c3ccccc3)[C@H]3CCN2C3)s1. The Bertz CT molecular complexity index is 912. The van der Waals surface area contributed by atoms with Crippen molar-refractivity contribution in [2.75, 3.05) is 26.2 Å². The normalized spacial score (nSPS) is 30.2. The predicted octanol–water partition coefficient (Wildman–Crippen LogP) is 2.88. The molecule has 1 saturated carbocycles. The quantitative estimate of drug-likeness (QED) is 0.826. The monoisotopic (exact) mass is 409 g/mol. The van der Waals surface area contributed by atoms with Crippen LogP contribution in [0.5, 0.6) is 0 Å². The number of piperazine rings is 1. The third-order valence-corrected chi connectivity index (χ3v) is 7.74. The van der Waals surface area contributed by atoms with Crippen LogP contribution in [0.15, 0.2) is 42.5 Å². The van der Waals surface area contributed by atoms with E-state index < -0.39 is 0 Å². The van der Waals surface area contributed by atoms with Crippen LogP contribution in [0, 0.1) is 12.8 Å². The van der Waals surface area contributed by atoms with Crippen LogP contribution in [0.25, 0.3) is 0 Å². The van der Waals surface area contributed by atoms with Gasteiger partial charge in [-0.1, -0.05) is 18.2 Å². The van der Waals surface area contributed by atoms with Gasteiger partial charge >= 0.3 is 0 Å². The van der Waals surface area contributed by atoms with Gasteiger partial charge in [0.2, 0.25) is 5.91 Å². The standard InChI is InChI=1S/C23H27N3O2S/c1-15-7-8-21(29-15)19-11-20(19)22(27)24-12-18-14-26(17-9-10-25(18)13-17)23(28)16-5-3-2-4-6-16/h2-8,17-20H,9-14H2,1H3,(H,24,27)/t17-,18-,19+,20+/m0/s1. The summed E-state index contributed by atoms with van der Waals surface area (Å²) in [5.74, 6) is 0.796. The van der Waals surface area contributed by atoms with E-state index in [0.717, 1.165) is 31.5 Å². The molecule has 0 spiro atoms. The Labute approximate surface area is 175 Å². The molecule has 3 heterocycles. The summed E-state index contributed by atoms with van der Waals surface area (Å²) in [5.41, 5.74) is 0.752. The van der Waals surface area contributed by atoms with Crippen molar-refractivity contribution in [3.05, 3.63) is 57.8 Å². The van der Waals surface area contributed by atoms with Crippen molar-refractivity contribution >= 4 is 23.2 Å². The van der Waals surface area contributed by atoms with Crippen LogP contribution in [-0.2, 0) is 4.79 Å². The summed E-state index contributed by atoms with van der Waals surface area (Å²) >= 11 is 1.80. The molecule has 6 heteroatoms. The highest BCUT2D eigenvalue weighted by atomic mass is 32.1. The molecule has 3 fully saturated rings. The van der Waals surface area contributed by atoms with Gasteiger partial charge in [-0.2, -0.15) is 0 Å². The molecule has 1 aliphatic carbocycles. The van der Waals surface area contributed by atoms with Crippen LogP contribution < -0.4 is 5.32 Å². The first kappa shape index (κ1) is 18.8. The molecule has 5 nitrogen and oxygen atoms in total. The van der Waals surface area contributed by atoms with Gasteiger partial charge in [-0.15, -0.1) is 11.3 Å². The molecule has 1 N–H and O–H groups in total. The Morgan fingerprint density at radius 1 is 1.14 bits per heavy atom. The van der Waals surface area contributed by atoms with Crippen LogP contribution in [0.4, 0.5) is 0 Å². The Morgan fingerprint density at radius 3 is 2.72 bits per heavy atom. The maximum Gasteiger partial charge on any atom is 0.254 e. The van der Waals surface area contributed by atoms with E-state index in [4.69, 9.17) is 0 Å². The minimum Gasteiger partial charge on any atom is -0.354 e. The van der Waals surface area contributed by atoms with Crippen molar-refractivity contribution in [2.24, 2.45) is 5.92 Å². The van der Waals surface area contributed by atoms with Crippen LogP contribution >= 0.6 is 11.3 Å². The fourth-order valence-corrected chi connectivity index (χ4v) is 5.89. The van der Waals surface area contributed by atoms with Gasteiger partial charge in [0.25, 0.3) is 5.91 Å². The van der Waals surface area contributed by atoms with E-state index in [-0.39, 0.29) is 23.8 Å². The molecule has 2 aliphatic heterocycles. The number of nitrogens with one attached hydrogen (secondary N) is 1. The Balaban J connectivity index is 1.19. The van der Waals surface area contributed by atoms with Gasteiger partial charge in [0, 0.05) is 65.4 Å². The molecule has 5 rings (SSSR count). The minimum atomic E-state index is 0.115. The summed E-state index contributed by atoms with van der Waals surface area (Å²) in [4.78, 5) is 32.8. The van der Waals surface area contributed by atoms with E-state index in [1.807, 2.05) is 35.2 Å². The van der Waals surface area contributed by atoms with Crippen molar-refractivity contribution in [2.45, 2.75) is 37.8 Å². The van der Waals surface area contributed by atoms with Gasteiger partial charge in [0.15, 0.2) is 0 Å². The highest BCUT2D eigenvalue weighted by molar-refractivity contribution is 7.12. The van der Waals surface area contributed by atoms with E-state index in [1.165, 1.54) is 9.75 Å². The smallest absolute Gasteiger partial charge is 0.254 e. The number of nitrogens with zero attached hydrogens (tertiary/aromatic N) is 2. The Morgan fingerprint density at radius 2 is 1.97 bits per heavy atom. The molecule has 29 heavy (non-hydrogen) atoms. The third kappa shape index (κ3) is 3.71. The predicted molar refractivity (Wildman–Crippen MR) is 114 cm³/mol. The average Bonchev–Trinajstić information content (AvgIpc) is 3.26. The summed E-state index contributed by atoms with van der Waals surface area (Å²) in [7, 11) is 0. The second-order valence-corrected chi connectivity index (χ2v) is 9.88. The number of carbonyl (C=O) groups is 2. The third-order valence-electron chi connectivity index (χ3n) is 6.61. The van der Waals surface area contributed by atoms with Crippen molar-refractivity contribution in [1.29, 1.82) is 0 Å². The van der Waals surface area contributed by atoms with Crippen molar-refractivity contribution in [3.63, 3.8) is 0 Å². The molecule has 152 valence electrons. The van der Waals surface area contributed by atoms with E-state index in [2.05, 4.69) is 29.3 Å². The largest absolute Gasteiger partial charge is 0.354 e. The number of fused-ring (bicyclic) bond motifs is 2. The lowest BCUT2D eigenvalue weighted by molar-refractivity contribution is -0.122. The highest BCUT2D eigenvalue weighted by Gasteiger charge is 2.45. The number of hydrogen-bond donors (Lipinski definition) is 1. The Hall–Kier alpha value is -2.18. The molecule has 1 aromatic heterocycles. The average molecular weight is 410 g/mol. The molecule has 2 bridgehead atoms. The molecule has 2 saturated heterocycles. The van der Waals surface area contributed by atoms with Crippen LogP contribution in [0.2, 0.25) is 0 Å². The highest BCUT2D eigenvalue weighted by Crippen LogP contribution is 2.49. The number of benzene rings is 1. The first-order valence-corrected chi connectivity index (χ1v) is 11.4. The molecule has 1 aromatic carbocycles. The molecule has 2 amide bonds. The lowest BCUT2D eigenvalue weighted by Crippen LogP contribution is -2.57. The van der Waals surface area contributed by atoms with Crippen molar-refractivity contribution < 1.29 is 9.59 Å². The van der Waals surface area contributed by atoms with Crippen LogP contribution in [-0.4, -0.2) is 59.9 Å². The summed E-state index contributed by atoms with van der Waals surface area (Å²) in [6, 6.07) is 14.3. The summed E-state index contributed by atoms with van der Waals surface area (Å²) in [6.07, 6.45) is 1.98. The fourth-order valence-electron chi connectivity index (χ4n) is 4.84. The molecule has 2 aromatic rings. The second-order valence-electron chi connectivity index (χ2n) is 8.56. The van der Waals surface area contributed by atoms with Gasteiger partial charge in [-0.3, -0.25) is 14.5 Å². The van der Waals surface area contributed by atoms with Crippen molar-refractivity contribution in [1.82, 2.24) is 15.1 Å². The van der Waals surface area contributed by atoms with E-state index in [1.54, 1.807) is 11.3 Å². The molecular formula is C23H27N3O2S. The van der Waals surface area contributed by atoms with Crippen LogP contribution in [0.1, 0.15) is 38.9 Å².